The summed E-state index contributed by atoms with van der Waals surface area (Å²) in [5, 5.41) is 8.64. The van der Waals surface area contributed by atoms with Crippen LogP contribution < -0.4 is 0 Å². The van der Waals surface area contributed by atoms with Crippen molar-refractivity contribution in [1.29, 1.82) is 0 Å². The zero-order valence-electron chi connectivity index (χ0n) is 8.32. The van der Waals surface area contributed by atoms with Crippen LogP contribution in [0, 0.1) is 5.92 Å². The Morgan fingerprint density at radius 1 is 1.46 bits per heavy atom. The van der Waals surface area contributed by atoms with Crippen molar-refractivity contribution >= 4 is 7.60 Å². The first-order chi connectivity index (χ1) is 6.00. The predicted octanol–water partition coefficient (Wildman–Crippen LogP) is 1.98. The van der Waals surface area contributed by atoms with Crippen LogP contribution in [0.5, 0.6) is 0 Å². The lowest BCUT2D eigenvalue weighted by Crippen LogP contribution is -2.15. The lowest BCUT2D eigenvalue weighted by molar-refractivity contribution is 0.128. The molecule has 1 aliphatic carbocycles. The van der Waals surface area contributed by atoms with E-state index in [1.165, 1.54) is 0 Å². The second-order valence-corrected chi connectivity index (χ2v) is 5.60. The molecule has 0 heterocycles. The lowest BCUT2D eigenvalue weighted by Gasteiger charge is -2.22. The molecule has 1 saturated carbocycles. The van der Waals surface area contributed by atoms with Crippen molar-refractivity contribution in [1.82, 2.24) is 0 Å². The quantitative estimate of drug-likeness (QED) is 0.702. The summed E-state index contributed by atoms with van der Waals surface area (Å²) in [6.45, 7) is 5.91. The Kier molecular flexibility index (Phi) is 3.18. The van der Waals surface area contributed by atoms with Gasteiger partial charge < -0.3 is 14.2 Å². The van der Waals surface area contributed by atoms with E-state index in [4.69, 9.17) is 9.05 Å². The van der Waals surface area contributed by atoms with Gasteiger partial charge in [0.05, 0.1) is 13.2 Å². The Balaban J connectivity index is 2.73. The van der Waals surface area contributed by atoms with Gasteiger partial charge in [-0.2, -0.15) is 0 Å². The molecule has 0 aliphatic heterocycles. The molecule has 1 aliphatic rings. The van der Waals surface area contributed by atoms with Crippen molar-refractivity contribution in [2.45, 2.75) is 32.5 Å². The van der Waals surface area contributed by atoms with Gasteiger partial charge in [0.2, 0.25) is 0 Å². The van der Waals surface area contributed by atoms with Crippen molar-refractivity contribution in [3.05, 3.63) is 0 Å². The van der Waals surface area contributed by atoms with Crippen molar-refractivity contribution in [3.63, 3.8) is 0 Å². The highest BCUT2D eigenvalue weighted by atomic mass is 31.2. The van der Waals surface area contributed by atoms with Crippen molar-refractivity contribution in [2.24, 2.45) is 5.92 Å². The molecular weight excluding hydrogens is 191 g/mol. The first-order valence-electron chi connectivity index (χ1n) is 4.61. The van der Waals surface area contributed by atoms with Crippen LogP contribution in [0.1, 0.15) is 27.2 Å². The summed E-state index contributed by atoms with van der Waals surface area (Å²) in [5.41, 5.74) is 0. The summed E-state index contributed by atoms with van der Waals surface area (Å²) in [4.78, 5) is 0. The maximum Gasteiger partial charge on any atom is 0.362 e. The molecule has 5 heteroatoms. The SMILES string of the molecule is CCOP(=O)(OCC)[C@]1(O)C[C@@H]1C. The van der Waals surface area contributed by atoms with Crippen LogP contribution >= 0.6 is 7.60 Å². The molecule has 4 nitrogen and oxygen atoms in total. The molecule has 13 heavy (non-hydrogen) atoms. The van der Waals surface area contributed by atoms with Crippen LogP contribution in [0.2, 0.25) is 0 Å². The van der Waals surface area contributed by atoms with E-state index in [1.807, 2.05) is 6.92 Å². The smallest absolute Gasteiger partial charge is 0.362 e. The van der Waals surface area contributed by atoms with E-state index in [0.29, 0.717) is 19.6 Å². The largest absolute Gasteiger partial charge is 0.377 e. The molecule has 2 atom stereocenters. The Bertz CT molecular complexity index is 220. The molecule has 1 fully saturated rings. The molecule has 0 saturated heterocycles. The van der Waals surface area contributed by atoms with E-state index in [-0.39, 0.29) is 5.92 Å². The average Bonchev–Trinajstić information content (AvgIpc) is 2.62. The van der Waals surface area contributed by atoms with Crippen LogP contribution in [0.4, 0.5) is 0 Å². The topological polar surface area (TPSA) is 55.8 Å². The fraction of sp³-hybridized carbons (Fsp3) is 1.00. The minimum absolute atomic E-state index is 0.0106. The minimum Gasteiger partial charge on any atom is -0.377 e. The maximum atomic E-state index is 12.0. The lowest BCUT2D eigenvalue weighted by atomic mass is 10.5. The second kappa shape index (κ2) is 3.70. The first kappa shape index (κ1) is 11.2. The van der Waals surface area contributed by atoms with E-state index >= 15 is 0 Å². The number of rotatable bonds is 5. The molecular formula is C8H17O4P. The average molecular weight is 208 g/mol. The fourth-order valence-corrected chi connectivity index (χ4v) is 3.61. The van der Waals surface area contributed by atoms with Gasteiger partial charge in [0, 0.05) is 0 Å². The molecule has 0 aromatic rings. The van der Waals surface area contributed by atoms with Crippen LogP contribution in [-0.2, 0) is 13.6 Å². The normalized spacial score (nSPS) is 33.4. The van der Waals surface area contributed by atoms with Gasteiger partial charge in [-0.1, -0.05) is 6.92 Å². The maximum absolute atomic E-state index is 12.0. The fourth-order valence-electron chi connectivity index (χ4n) is 1.37. The third-order valence-corrected chi connectivity index (χ3v) is 5.08. The summed E-state index contributed by atoms with van der Waals surface area (Å²) >= 11 is 0. The monoisotopic (exact) mass is 208 g/mol. The highest BCUT2D eigenvalue weighted by molar-refractivity contribution is 7.55. The van der Waals surface area contributed by atoms with Gasteiger partial charge in [-0.25, -0.2) is 0 Å². The Morgan fingerprint density at radius 2 is 1.85 bits per heavy atom. The number of aliphatic hydroxyl groups is 1. The molecule has 78 valence electrons. The van der Waals surface area contributed by atoms with E-state index in [1.54, 1.807) is 13.8 Å². The third-order valence-electron chi connectivity index (χ3n) is 2.31. The Hall–Kier alpha value is 0.110. The zero-order chi connectivity index (χ0) is 10.1. The van der Waals surface area contributed by atoms with Gasteiger partial charge in [-0.3, -0.25) is 4.57 Å². The predicted molar refractivity (Wildman–Crippen MR) is 49.6 cm³/mol. The van der Waals surface area contributed by atoms with E-state index < -0.39 is 12.9 Å². The molecule has 0 aromatic carbocycles. The van der Waals surface area contributed by atoms with Gasteiger partial charge in [-0.15, -0.1) is 0 Å². The Labute approximate surface area is 78.8 Å². The van der Waals surface area contributed by atoms with Gasteiger partial charge in [0.15, 0.2) is 5.34 Å². The minimum atomic E-state index is -3.29. The highest BCUT2D eigenvalue weighted by Gasteiger charge is 2.65. The van der Waals surface area contributed by atoms with Crippen molar-refractivity contribution in [2.75, 3.05) is 13.2 Å². The summed E-state index contributed by atoms with van der Waals surface area (Å²) in [5.74, 6) is 0.0106. The van der Waals surface area contributed by atoms with Crippen molar-refractivity contribution in [3.8, 4) is 0 Å². The summed E-state index contributed by atoms with van der Waals surface area (Å²) in [6.07, 6.45) is 0.504. The summed E-state index contributed by atoms with van der Waals surface area (Å²) < 4.78 is 22.1. The van der Waals surface area contributed by atoms with Gasteiger partial charge in [0.25, 0.3) is 0 Å². The molecule has 0 radical (unpaired) electrons. The van der Waals surface area contributed by atoms with Crippen LogP contribution in [0.3, 0.4) is 0 Å². The summed E-state index contributed by atoms with van der Waals surface area (Å²) in [7, 11) is -3.29. The first-order valence-corrected chi connectivity index (χ1v) is 6.16. The number of hydrogen-bond donors (Lipinski definition) is 1. The molecule has 0 amide bonds. The van der Waals surface area contributed by atoms with Crippen LogP contribution in [0.25, 0.3) is 0 Å². The molecule has 0 spiro atoms. The van der Waals surface area contributed by atoms with Crippen LogP contribution in [0.15, 0.2) is 0 Å². The van der Waals surface area contributed by atoms with E-state index in [2.05, 4.69) is 0 Å². The highest BCUT2D eigenvalue weighted by Crippen LogP contribution is 2.72. The molecule has 0 unspecified atom stereocenters. The molecule has 0 bridgehead atoms. The number of hydrogen-bond acceptors (Lipinski definition) is 4. The third kappa shape index (κ3) is 1.82. The van der Waals surface area contributed by atoms with Gasteiger partial charge in [0.1, 0.15) is 0 Å². The van der Waals surface area contributed by atoms with E-state index in [0.717, 1.165) is 0 Å². The van der Waals surface area contributed by atoms with Gasteiger partial charge in [-0.05, 0) is 26.2 Å². The summed E-state index contributed by atoms with van der Waals surface area (Å²) in [6, 6.07) is 0. The van der Waals surface area contributed by atoms with Crippen molar-refractivity contribution < 1.29 is 18.7 Å². The van der Waals surface area contributed by atoms with Gasteiger partial charge >= 0.3 is 7.60 Å². The molecule has 1 N–H and O–H groups in total. The molecule has 0 aromatic heterocycles. The standard InChI is InChI=1S/C8H17O4P/c1-4-11-13(10,12-5-2)8(9)6-7(8)3/h7,9H,4-6H2,1-3H3/t7-,8+/m0/s1. The van der Waals surface area contributed by atoms with E-state index in [9.17, 15) is 9.67 Å². The zero-order valence-corrected chi connectivity index (χ0v) is 9.21. The Morgan fingerprint density at radius 3 is 2.08 bits per heavy atom. The van der Waals surface area contributed by atoms with Crippen LogP contribution in [-0.4, -0.2) is 23.7 Å². The second-order valence-electron chi connectivity index (χ2n) is 3.32. The molecule has 1 rings (SSSR count).